The molecular formula is C10H13ClN4O. The fourth-order valence-electron chi connectivity index (χ4n) is 0.815. The van der Waals surface area contributed by atoms with Crippen molar-refractivity contribution in [1.29, 1.82) is 10.5 Å². The maximum Gasteiger partial charge on any atom is 0.263 e. The van der Waals surface area contributed by atoms with E-state index in [0.29, 0.717) is 31.8 Å². The minimum atomic E-state index is -0.433. The molecule has 0 aliphatic rings. The van der Waals surface area contributed by atoms with Crippen molar-refractivity contribution in [1.82, 2.24) is 10.6 Å². The van der Waals surface area contributed by atoms with Crippen LogP contribution >= 0.6 is 11.6 Å². The lowest BCUT2D eigenvalue weighted by Gasteiger charge is -2.02. The molecule has 0 aromatic heterocycles. The lowest BCUT2D eigenvalue weighted by Crippen LogP contribution is -2.27. The Morgan fingerprint density at radius 1 is 1.38 bits per heavy atom. The lowest BCUT2D eigenvalue weighted by molar-refractivity contribution is -0.117. The number of nitrogens with zero attached hydrogens (tertiary/aromatic N) is 2. The van der Waals surface area contributed by atoms with Gasteiger partial charge >= 0.3 is 0 Å². The summed E-state index contributed by atoms with van der Waals surface area (Å²) in [5.74, 6) is 0.0313. The highest BCUT2D eigenvalue weighted by Gasteiger charge is 2.06. The smallest absolute Gasteiger partial charge is 0.263 e. The summed E-state index contributed by atoms with van der Waals surface area (Å²) in [5.41, 5.74) is -0.00693. The van der Waals surface area contributed by atoms with Crippen molar-refractivity contribution in [2.24, 2.45) is 0 Å². The Labute approximate surface area is 99.7 Å². The molecule has 86 valence electrons. The Kier molecular flexibility index (Phi) is 8.76. The number of hydrogen-bond donors (Lipinski definition) is 2. The Morgan fingerprint density at radius 3 is 2.69 bits per heavy atom. The molecule has 0 aliphatic heterocycles. The highest BCUT2D eigenvalue weighted by molar-refractivity contribution is 6.17. The third-order valence-corrected chi connectivity index (χ3v) is 1.86. The molecule has 0 atom stereocenters. The second kappa shape index (κ2) is 9.82. The first kappa shape index (κ1) is 14.3. The normalized spacial score (nSPS) is 10.1. The van der Waals surface area contributed by atoms with Crippen LogP contribution in [0.15, 0.2) is 11.8 Å². The van der Waals surface area contributed by atoms with Crippen molar-refractivity contribution in [3.8, 4) is 12.1 Å². The molecule has 0 radical (unpaired) electrons. The minimum Gasteiger partial charge on any atom is -0.389 e. The molecule has 1 amide bonds. The molecule has 0 saturated heterocycles. The van der Waals surface area contributed by atoms with Crippen molar-refractivity contribution in [3.05, 3.63) is 11.8 Å². The van der Waals surface area contributed by atoms with Crippen LogP contribution in [-0.4, -0.2) is 24.9 Å². The Morgan fingerprint density at radius 2 is 2.12 bits per heavy atom. The highest BCUT2D eigenvalue weighted by atomic mass is 35.5. The fraction of sp³-hybridized carbons (Fsp3) is 0.500. The van der Waals surface area contributed by atoms with E-state index in [9.17, 15) is 4.79 Å². The van der Waals surface area contributed by atoms with Gasteiger partial charge in [-0.2, -0.15) is 10.5 Å². The SMILES string of the molecule is N#CCCN/C=C(/C#N)C(=O)NCCCCl. The number of nitriles is 2. The number of nitrogens with one attached hydrogen (secondary N) is 2. The van der Waals surface area contributed by atoms with Crippen LogP contribution in [0.25, 0.3) is 0 Å². The molecule has 0 aliphatic carbocycles. The lowest BCUT2D eigenvalue weighted by atomic mass is 10.3. The molecule has 2 N–H and O–H groups in total. The van der Waals surface area contributed by atoms with E-state index < -0.39 is 5.91 Å². The molecule has 0 fully saturated rings. The third kappa shape index (κ3) is 6.69. The van der Waals surface area contributed by atoms with Crippen LogP contribution in [0.4, 0.5) is 0 Å². The predicted octanol–water partition coefficient (Wildman–Crippen LogP) is 0.642. The molecule has 0 bridgehead atoms. The van der Waals surface area contributed by atoms with Gasteiger partial charge in [0.1, 0.15) is 11.6 Å². The molecule has 5 nitrogen and oxygen atoms in total. The molecule has 0 aromatic rings. The Hall–Kier alpha value is -1.72. The third-order valence-electron chi connectivity index (χ3n) is 1.59. The Bertz CT molecular complexity index is 327. The Balaban J connectivity index is 4.02. The van der Waals surface area contributed by atoms with E-state index in [2.05, 4.69) is 10.6 Å². The van der Waals surface area contributed by atoms with Gasteiger partial charge in [-0.3, -0.25) is 4.79 Å². The zero-order valence-corrected chi connectivity index (χ0v) is 9.55. The van der Waals surface area contributed by atoms with E-state index in [4.69, 9.17) is 22.1 Å². The average Bonchev–Trinajstić information content (AvgIpc) is 2.29. The molecular weight excluding hydrogens is 228 g/mol. The van der Waals surface area contributed by atoms with Crippen molar-refractivity contribution in [2.45, 2.75) is 12.8 Å². The van der Waals surface area contributed by atoms with Gasteiger partial charge in [-0.25, -0.2) is 0 Å². The van der Waals surface area contributed by atoms with E-state index in [1.54, 1.807) is 6.07 Å². The largest absolute Gasteiger partial charge is 0.389 e. The number of carbonyl (C=O) groups is 1. The van der Waals surface area contributed by atoms with E-state index in [1.807, 2.05) is 6.07 Å². The first-order valence-corrected chi connectivity index (χ1v) is 5.34. The van der Waals surface area contributed by atoms with E-state index in [0.717, 1.165) is 0 Å². The first-order chi connectivity index (χ1) is 7.76. The molecule has 0 saturated carbocycles. The van der Waals surface area contributed by atoms with Crippen LogP contribution < -0.4 is 10.6 Å². The van der Waals surface area contributed by atoms with Gasteiger partial charge in [0.25, 0.3) is 5.91 Å². The summed E-state index contributed by atoms with van der Waals surface area (Å²) in [5, 5.41) is 22.2. The zero-order valence-electron chi connectivity index (χ0n) is 8.79. The van der Waals surface area contributed by atoms with E-state index >= 15 is 0 Å². The van der Waals surface area contributed by atoms with Gasteiger partial charge in [0.15, 0.2) is 0 Å². The second-order valence-electron chi connectivity index (χ2n) is 2.83. The second-order valence-corrected chi connectivity index (χ2v) is 3.21. The van der Waals surface area contributed by atoms with Crippen LogP contribution in [0.3, 0.4) is 0 Å². The summed E-state index contributed by atoms with van der Waals surface area (Å²) in [7, 11) is 0. The van der Waals surface area contributed by atoms with Gasteiger partial charge in [0.05, 0.1) is 12.5 Å². The molecule has 0 rings (SSSR count). The average molecular weight is 241 g/mol. The minimum absolute atomic E-state index is 0.00693. The van der Waals surface area contributed by atoms with Gasteiger partial charge < -0.3 is 10.6 Å². The number of carbonyl (C=O) groups excluding carboxylic acids is 1. The van der Waals surface area contributed by atoms with Crippen molar-refractivity contribution >= 4 is 17.5 Å². The van der Waals surface area contributed by atoms with Crippen LogP contribution in [0.1, 0.15) is 12.8 Å². The maximum atomic E-state index is 11.4. The number of rotatable bonds is 7. The summed E-state index contributed by atoms with van der Waals surface area (Å²) in [4.78, 5) is 11.4. The van der Waals surface area contributed by atoms with Gasteiger partial charge in [-0.1, -0.05) is 0 Å². The standard InChI is InChI=1S/C10H13ClN4O/c11-3-1-6-15-10(16)9(7-13)8-14-5-2-4-12/h8,14H,1-3,5-6H2,(H,15,16)/b9-8-. The van der Waals surface area contributed by atoms with Gasteiger partial charge in [-0.05, 0) is 6.42 Å². The summed E-state index contributed by atoms with van der Waals surface area (Å²) in [6.45, 7) is 0.857. The van der Waals surface area contributed by atoms with Gasteiger partial charge in [0.2, 0.25) is 0 Å². The number of amides is 1. The predicted molar refractivity (Wildman–Crippen MR) is 60.3 cm³/mol. The van der Waals surface area contributed by atoms with Gasteiger partial charge in [0, 0.05) is 25.2 Å². The van der Waals surface area contributed by atoms with Crippen LogP contribution in [0.5, 0.6) is 0 Å². The summed E-state index contributed by atoms with van der Waals surface area (Å²) in [6, 6.07) is 3.72. The van der Waals surface area contributed by atoms with E-state index in [-0.39, 0.29) is 5.57 Å². The van der Waals surface area contributed by atoms with Crippen LogP contribution in [0.2, 0.25) is 0 Å². The summed E-state index contributed by atoms with van der Waals surface area (Å²) < 4.78 is 0. The summed E-state index contributed by atoms with van der Waals surface area (Å²) in [6.07, 6.45) is 2.30. The van der Waals surface area contributed by atoms with Crippen molar-refractivity contribution in [2.75, 3.05) is 19.0 Å². The van der Waals surface area contributed by atoms with Crippen molar-refractivity contribution in [3.63, 3.8) is 0 Å². The summed E-state index contributed by atoms with van der Waals surface area (Å²) >= 11 is 5.44. The highest BCUT2D eigenvalue weighted by Crippen LogP contribution is 1.91. The topological polar surface area (TPSA) is 88.7 Å². The molecule has 0 unspecified atom stereocenters. The van der Waals surface area contributed by atoms with E-state index in [1.165, 1.54) is 6.20 Å². The zero-order chi connectivity index (χ0) is 12.2. The molecule has 0 spiro atoms. The number of halogens is 1. The number of alkyl halides is 1. The van der Waals surface area contributed by atoms with Crippen LogP contribution in [0, 0.1) is 22.7 Å². The molecule has 6 heteroatoms. The van der Waals surface area contributed by atoms with Crippen LogP contribution in [-0.2, 0) is 4.79 Å². The first-order valence-electron chi connectivity index (χ1n) is 4.81. The molecule has 0 heterocycles. The number of hydrogen-bond acceptors (Lipinski definition) is 4. The quantitative estimate of drug-likeness (QED) is 0.296. The van der Waals surface area contributed by atoms with Crippen molar-refractivity contribution < 1.29 is 4.79 Å². The molecule has 16 heavy (non-hydrogen) atoms. The maximum absolute atomic E-state index is 11.4. The molecule has 0 aromatic carbocycles. The fourth-order valence-corrected chi connectivity index (χ4v) is 0.948. The monoisotopic (exact) mass is 240 g/mol. The van der Waals surface area contributed by atoms with Gasteiger partial charge in [-0.15, -0.1) is 11.6 Å².